The van der Waals surface area contributed by atoms with Crippen molar-refractivity contribution in [2.24, 2.45) is 7.05 Å². The molecule has 0 radical (unpaired) electrons. The number of carbonyl (C=O) groups excluding carboxylic acids is 2. The summed E-state index contributed by atoms with van der Waals surface area (Å²) in [6.07, 6.45) is 4.67. The van der Waals surface area contributed by atoms with Crippen molar-refractivity contribution in [2.45, 2.75) is 19.4 Å². The lowest BCUT2D eigenvalue weighted by atomic mass is 10.0. The smallest absolute Gasteiger partial charge is 0.319 e. The Bertz CT molecular complexity index is 1120. The molecule has 1 aromatic carbocycles. The topological polar surface area (TPSA) is 127 Å². The summed E-state index contributed by atoms with van der Waals surface area (Å²) >= 11 is 0. The van der Waals surface area contributed by atoms with E-state index >= 15 is 0 Å². The minimum atomic E-state index is -0.752. The summed E-state index contributed by atoms with van der Waals surface area (Å²) in [6.45, 7) is 1.90. The van der Waals surface area contributed by atoms with Crippen LogP contribution in [0.3, 0.4) is 0 Å². The molecule has 0 aliphatic carbocycles. The third kappa shape index (κ3) is 5.30. The lowest BCUT2D eigenvalue weighted by Crippen LogP contribution is -2.36. The summed E-state index contributed by atoms with van der Waals surface area (Å²) in [5.41, 5.74) is 0.551. The van der Waals surface area contributed by atoms with Gasteiger partial charge in [0.05, 0.1) is 24.8 Å². The SMILES string of the molecule is CCOC(=O)CC(NC(=O)Nc1c(O)ccn(C)c1=O)c1cccc(-n2cccn2)c1. The molecule has 10 heteroatoms. The predicted octanol–water partition coefficient (Wildman–Crippen LogP) is 2.09. The molecule has 0 saturated heterocycles. The molecule has 0 fully saturated rings. The van der Waals surface area contributed by atoms with Crippen molar-refractivity contribution in [3.63, 3.8) is 0 Å². The highest BCUT2D eigenvalue weighted by atomic mass is 16.5. The number of nitrogens with one attached hydrogen (secondary N) is 2. The summed E-state index contributed by atoms with van der Waals surface area (Å²) in [6, 6.07) is 8.74. The predicted molar refractivity (Wildman–Crippen MR) is 113 cm³/mol. The van der Waals surface area contributed by atoms with Crippen molar-refractivity contribution in [1.82, 2.24) is 19.7 Å². The molecule has 3 N–H and O–H groups in total. The Kier molecular flexibility index (Phi) is 6.71. The van der Waals surface area contributed by atoms with Crippen LogP contribution in [0.4, 0.5) is 10.5 Å². The molecule has 2 heterocycles. The van der Waals surface area contributed by atoms with Gasteiger partial charge in [0.25, 0.3) is 5.56 Å². The fourth-order valence-corrected chi connectivity index (χ4v) is 2.99. The third-order valence-corrected chi connectivity index (χ3v) is 4.51. The average Bonchev–Trinajstić information content (AvgIpc) is 3.29. The molecular formula is C21H23N5O5. The van der Waals surface area contributed by atoms with Crippen molar-refractivity contribution in [2.75, 3.05) is 11.9 Å². The van der Waals surface area contributed by atoms with E-state index in [4.69, 9.17) is 4.74 Å². The fourth-order valence-electron chi connectivity index (χ4n) is 2.99. The van der Waals surface area contributed by atoms with E-state index in [-0.39, 0.29) is 24.5 Å². The van der Waals surface area contributed by atoms with Crippen LogP contribution in [0.2, 0.25) is 0 Å². The van der Waals surface area contributed by atoms with Gasteiger partial charge in [0.1, 0.15) is 5.75 Å². The maximum atomic E-state index is 12.6. The standard InChI is InChI=1S/C21H23N5O5/c1-3-31-18(28)13-16(14-6-4-7-15(12-14)26-10-5-9-22-26)23-21(30)24-19-17(27)8-11-25(2)20(19)29/h4-12,16,27H,3,13H2,1-2H3,(H2,23,24,30). The van der Waals surface area contributed by atoms with Crippen LogP contribution in [0.1, 0.15) is 24.9 Å². The van der Waals surface area contributed by atoms with Crippen LogP contribution in [-0.4, -0.2) is 38.1 Å². The Morgan fingerprint density at radius 2 is 2.03 bits per heavy atom. The quantitative estimate of drug-likeness (QED) is 0.498. The fraction of sp³-hybridized carbons (Fsp3) is 0.238. The van der Waals surface area contributed by atoms with Crippen LogP contribution in [-0.2, 0) is 16.6 Å². The largest absolute Gasteiger partial charge is 0.505 e. The highest BCUT2D eigenvalue weighted by molar-refractivity contribution is 5.91. The minimum Gasteiger partial charge on any atom is -0.505 e. The second kappa shape index (κ2) is 9.61. The van der Waals surface area contributed by atoms with Crippen molar-refractivity contribution in [1.29, 1.82) is 0 Å². The number of rotatable bonds is 7. The molecule has 0 aliphatic rings. The molecule has 3 rings (SSSR count). The Morgan fingerprint density at radius 3 is 2.74 bits per heavy atom. The number of aromatic nitrogens is 3. The van der Waals surface area contributed by atoms with Crippen molar-refractivity contribution < 1.29 is 19.4 Å². The number of nitrogens with zero attached hydrogens (tertiary/aromatic N) is 3. The number of carbonyl (C=O) groups is 2. The van der Waals surface area contributed by atoms with Gasteiger partial charge in [0.15, 0.2) is 5.69 Å². The van der Waals surface area contributed by atoms with Crippen LogP contribution in [0, 0.1) is 0 Å². The van der Waals surface area contributed by atoms with Gasteiger partial charge in [-0.25, -0.2) is 9.48 Å². The van der Waals surface area contributed by atoms with E-state index in [0.717, 1.165) is 5.69 Å². The zero-order chi connectivity index (χ0) is 22.4. The van der Waals surface area contributed by atoms with Crippen LogP contribution in [0.5, 0.6) is 5.75 Å². The summed E-state index contributed by atoms with van der Waals surface area (Å²) < 4.78 is 7.90. The highest BCUT2D eigenvalue weighted by Gasteiger charge is 2.21. The number of aromatic hydroxyl groups is 1. The zero-order valence-electron chi connectivity index (χ0n) is 17.1. The molecule has 3 aromatic rings. The number of aryl methyl sites for hydroxylation is 1. The lowest BCUT2D eigenvalue weighted by Gasteiger charge is -2.20. The molecule has 0 saturated carbocycles. The first-order chi connectivity index (χ1) is 14.9. The first-order valence-electron chi connectivity index (χ1n) is 9.60. The van der Waals surface area contributed by atoms with Gasteiger partial charge >= 0.3 is 12.0 Å². The van der Waals surface area contributed by atoms with Gasteiger partial charge in [0.2, 0.25) is 0 Å². The number of ether oxygens (including phenoxy) is 1. The van der Waals surface area contributed by atoms with Crippen LogP contribution in [0.15, 0.2) is 59.8 Å². The van der Waals surface area contributed by atoms with Gasteiger partial charge in [0, 0.05) is 25.6 Å². The van der Waals surface area contributed by atoms with E-state index in [2.05, 4.69) is 15.7 Å². The third-order valence-electron chi connectivity index (χ3n) is 4.51. The molecule has 2 aromatic heterocycles. The second-order valence-corrected chi connectivity index (χ2v) is 6.70. The molecule has 1 atom stereocenters. The Morgan fingerprint density at radius 1 is 1.23 bits per heavy atom. The van der Waals surface area contributed by atoms with E-state index in [9.17, 15) is 19.5 Å². The van der Waals surface area contributed by atoms with Gasteiger partial charge in [-0.05, 0) is 36.8 Å². The number of urea groups is 1. The van der Waals surface area contributed by atoms with E-state index in [1.807, 2.05) is 6.07 Å². The number of hydrogen-bond donors (Lipinski definition) is 3. The summed E-state index contributed by atoms with van der Waals surface area (Å²) in [5, 5.41) is 19.2. The molecule has 10 nitrogen and oxygen atoms in total. The second-order valence-electron chi connectivity index (χ2n) is 6.70. The first-order valence-corrected chi connectivity index (χ1v) is 9.60. The van der Waals surface area contributed by atoms with E-state index in [1.165, 1.54) is 23.9 Å². The number of hydrogen-bond acceptors (Lipinski definition) is 6. The van der Waals surface area contributed by atoms with Crippen LogP contribution in [0.25, 0.3) is 5.69 Å². The number of anilines is 1. The molecule has 0 aliphatic heterocycles. The van der Waals surface area contributed by atoms with Crippen molar-refractivity contribution >= 4 is 17.7 Å². The minimum absolute atomic E-state index is 0.122. The first kappa shape index (κ1) is 21.6. The average molecular weight is 425 g/mol. The van der Waals surface area contributed by atoms with Gasteiger partial charge < -0.3 is 25.0 Å². The van der Waals surface area contributed by atoms with Crippen molar-refractivity contribution in [3.8, 4) is 11.4 Å². The van der Waals surface area contributed by atoms with Gasteiger partial charge in [-0.1, -0.05) is 12.1 Å². The molecule has 31 heavy (non-hydrogen) atoms. The normalized spacial score (nSPS) is 11.5. The zero-order valence-corrected chi connectivity index (χ0v) is 17.1. The monoisotopic (exact) mass is 425 g/mol. The van der Waals surface area contributed by atoms with Crippen LogP contribution >= 0.6 is 0 Å². The Balaban J connectivity index is 1.85. The molecule has 0 spiro atoms. The maximum absolute atomic E-state index is 12.6. The number of esters is 1. The van der Waals surface area contributed by atoms with Gasteiger partial charge in [-0.2, -0.15) is 5.10 Å². The van der Waals surface area contributed by atoms with Crippen molar-refractivity contribution in [3.05, 3.63) is 70.9 Å². The number of amides is 2. The Labute approximate surface area is 178 Å². The van der Waals surface area contributed by atoms with E-state index in [1.54, 1.807) is 48.3 Å². The molecule has 162 valence electrons. The highest BCUT2D eigenvalue weighted by Crippen LogP contribution is 2.22. The molecule has 1 unspecified atom stereocenters. The Hall–Kier alpha value is -4.08. The number of pyridine rings is 1. The number of benzene rings is 1. The molecular weight excluding hydrogens is 402 g/mol. The lowest BCUT2D eigenvalue weighted by molar-refractivity contribution is -0.143. The van der Waals surface area contributed by atoms with Gasteiger partial charge in [-0.3, -0.25) is 9.59 Å². The van der Waals surface area contributed by atoms with E-state index in [0.29, 0.717) is 5.56 Å². The molecule has 2 amide bonds. The summed E-state index contributed by atoms with van der Waals surface area (Å²) in [4.78, 5) is 36.9. The summed E-state index contributed by atoms with van der Waals surface area (Å²) in [7, 11) is 1.50. The van der Waals surface area contributed by atoms with E-state index < -0.39 is 23.6 Å². The molecule has 0 bridgehead atoms. The summed E-state index contributed by atoms with van der Waals surface area (Å²) in [5.74, 6) is -0.850. The maximum Gasteiger partial charge on any atom is 0.319 e. The van der Waals surface area contributed by atoms with Gasteiger partial charge in [-0.15, -0.1) is 0 Å². The van der Waals surface area contributed by atoms with Crippen LogP contribution < -0.4 is 16.2 Å².